The number of nitrogens with zero attached hydrogens (tertiary/aromatic N) is 5. The summed E-state index contributed by atoms with van der Waals surface area (Å²) in [4.78, 5) is 34.4. The van der Waals surface area contributed by atoms with E-state index in [9.17, 15) is 31.1 Å². The van der Waals surface area contributed by atoms with Gasteiger partial charge in [-0.05, 0) is 31.2 Å². The van der Waals surface area contributed by atoms with Gasteiger partial charge in [-0.15, -0.1) is 5.10 Å². The molecular formula is C22H28F6N6O6. The molecule has 2 aliphatic heterocycles. The van der Waals surface area contributed by atoms with Crippen LogP contribution in [0.15, 0.2) is 29.2 Å². The maximum Gasteiger partial charge on any atom is 0.490 e. The molecule has 1 amide bonds. The number of carboxylic acid groups (broad SMARTS) is 2. The first-order chi connectivity index (χ1) is 18.6. The van der Waals surface area contributed by atoms with Gasteiger partial charge in [0.2, 0.25) is 0 Å². The van der Waals surface area contributed by atoms with E-state index >= 15 is 0 Å². The number of carbonyl (C=O) groups is 3. The van der Waals surface area contributed by atoms with Crippen molar-refractivity contribution in [1.82, 2.24) is 24.8 Å². The molecule has 4 rings (SSSR count). The topological polar surface area (TPSA) is 168 Å². The highest BCUT2D eigenvalue weighted by atomic mass is 19.4. The molecule has 0 radical (unpaired) electrons. The minimum Gasteiger partial charge on any atom is -0.475 e. The molecular weight excluding hydrogens is 558 g/mol. The minimum absolute atomic E-state index is 0.0593. The van der Waals surface area contributed by atoms with E-state index in [-0.39, 0.29) is 5.91 Å². The second-order valence-corrected chi connectivity index (χ2v) is 9.07. The molecule has 224 valence electrons. The van der Waals surface area contributed by atoms with E-state index in [1.807, 2.05) is 15.8 Å². The zero-order valence-corrected chi connectivity index (χ0v) is 20.9. The van der Waals surface area contributed by atoms with Gasteiger partial charge < -0.3 is 25.3 Å². The van der Waals surface area contributed by atoms with Gasteiger partial charge in [-0.2, -0.15) is 26.3 Å². The second kappa shape index (κ2) is 14.1. The number of furan rings is 1. The van der Waals surface area contributed by atoms with Crippen LogP contribution in [-0.2, 0) is 22.7 Å². The summed E-state index contributed by atoms with van der Waals surface area (Å²) < 4.78 is 70.4. The van der Waals surface area contributed by atoms with Gasteiger partial charge >= 0.3 is 24.3 Å². The third-order valence-electron chi connectivity index (χ3n) is 5.88. The molecule has 0 bridgehead atoms. The van der Waals surface area contributed by atoms with Crippen molar-refractivity contribution in [1.29, 1.82) is 0 Å². The fraction of sp³-hybridized carbons (Fsp3) is 0.591. The standard InChI is InChI=1S/C18H26N6O2.2C2HF3O2/c19-16-3-5-22(10-16)11-17-12-24(21-20-17)9-14-1-6-23(7-2-14)18(25)15-4-8-26-13-15;2*3-2(4,5)1(6)7/h4,8,12-14,16H,1-3,5-7,9-11,19H2;2*(H,6,7)/t16-;;/m1../s1. The van der Waals surface area contributed by atoms with Crippen molar-refractivity contribution in [2.24, 2.45) is 11.7 Å². The Hall–Kier alpha value is -3.67. The Morgan fingerprint density at radius 3 is 2.02 bits per heavy atom. The number of carbonyl (C=O) groups excluding carboxylic acids is 1. The molecule has 0 aromatic carbocycles. The Morgan fingerprint density at radius 1 is 1.00 bits per heavy atom. The minimum atomic E-state index is -5.08. The fourth-order valence-electron chi connectivity index (χ4n) is 3.89. The number of carboxylic acids is 2. The quantitative estimate of drug-likeness (QED) is 0.442. The summed E-state index contributed by atoms with van der Waals surface area (Å²) in [6.07, 6.45) is -2.03. The lowest BCUT2D eigenvalue weighted by Crippen LogP contribution is -2.39. The number of rotatable bonds is 5. The number of aromatic nitrogens is 3. The third-order valence-corrected chi connectivity index (χ3v) is 5.88. The van der Waals surface area contributed by atoms with Crippen LogP contribution in [0.3, 0.4) is 0 Å². The number of halogens is 6. The summed E-state index contributed by atoms with van der Waals surface area (Å²) in [5, 5.41) is 22.8. The van der Waals surface area contributed by atoms with Gasteiger partial charge in [0.05, 0.1) is 17.5 Å². The van der Waals surface area contributed by atoms with Crippen molar-refractivity contribution in [2.75, 3.05) is 26.2 Å². The number of likely N-dealkylation sites (tertiary alicyclic amines) is 2. The van der Waals surface area contributed by atoms with Crippen LogP contribution in [-0.4, -0.2) is 97.4 Å². The Labute approximate surface area is 223 Å². The summed E-state index contributed by atoms with van der Waals surface area (Å²) in [5.74, 6) is -4.93. The molecule has 0 spiro atoms. The highest BCUT2D eigenvalue weighted by Gasteiger charge is 2.39. The molecule has 0 unspecified atom stereocenters. The van der Waals surface area contributed by atoms with Crippen molar-refractivity contribution in [3.8, 4) is 0 Å². The Balaban J connectivity index is 0.000000333. The molecule has 4 heterocycles. The molecule has 0 saturated carbocycles. The highest BCUT2D eigenvalue weighted by Crippen LogP contribution is 2.21. The maximum absolute atomic E-state index is 12.3. The molecule has 4 N–H and O–H groups in total. The number of piperidine rings is 1. The van der Waals surface area contributed by atoms with Crippen molar-refractivity contribution in [3.05, 3.63) is 36.0 Å². The molecule has 2 aliphatic rings. The maximum atomic E-state index is 12.3. The average Bonchev–Trinajstić information content (AvgIpc) is 3.62. The van der Waals surface area contributed by atoms with Gasteiger partial charge in [-0.1, -0.05) is 5.21 Å². The van der Waals surface area contributed by atoms with Crippen molar-refractivity contribution in [3.63, 3.8) is 0 Å². The average molecular weight is 586 g/mol. The number of alkyl halides is 6. The summed E-state index contributed by atoms with van der Waals surface area (Å²) in [7, 11) is 0. The predicted octanol–water partition coefficient (Wildman–Crippen LogP) is 2.22. The van der Waals surface area contributed by atoms with Crippen LogP contribution in [0.25, 0.3) is 0 Å². The Morgan fingerprint density at radius 2 is 1.57 bits per heavy atom. The van der Waals surface area contributed by atoms with Crippen LogP contribution in [0.1, 0.15) is 35.3 Å². The summed E-state index contributed by atoms with van der Waals surface area (Å²) >= 11 is 0. The van der Waals surface area contributed by atoms with Gasteiger partial charge in [0.25, 0.3) is 5.91 Å². The van der Waals surface area contributed by atoms with Crippen LogP contribution >= 0.6 is 0 Å². The summed E-state index contributed by atoms with van der Waals surface area (Å²) in [6.45, 7) is 5.22. The number of hydrogen-bond donors (Lipinski definition) is 3. The lowest BCUT2D eigenvalue weighted by Gasteiger charge is -2.31. The predicted molar refractivity (Wildman–Crippen MR) is 123 cm³/mol. The van der Waals surface area contributed by atoms with Crippen LogP contribution in [0.2, 0.25) is 0 Å². The second-order valence-electron chi connectivity index (χ2n) is 9.07. The zero-order chi connectivity index (χ0) is 30.1. The number of nitrogens with two attached hydrogens (primary N) is 1. The molecule has 2 fully saturated rings. The van der Waals surface area contributed by atoms with Crippen molar-refractivity contribution >= 4 is 17.8 Å². The van der Waals surface area contributed by atoms with Gasteiger partial charge in [-0.25, -0.2) is 9.59 Å². The summed E-state index contributed by atoms with van der Waals surface area (Å²) in [5.41, 5.74) is 7.59. The van der Waals surface area contributed by atoms with E-state index in [0.717, 1.165) is 64.2 Å². The fourth-order valence-corrected chi connectivity index (χ4v) is 3.89. The molecule has 2 saturated heterocycles. The SMILES string of the molecule is N[C@@H]1CCN(Cc2cn(CC3CCN(C(=O)c4ccoc4)CC3)nn2)C1.O=C(O)C(F)(F)F.O=C(O)C(F)(F)F. The van der Waals surface area contributed by atoms with Crippen LogP contribution in [0, 0.1) is 5.92 Å². The summed E-state index contributed by atoms with van der Waals surface area (Å²) in [6, 6.07) is 2.01. The molecule has 40 heavy (non-hydrogen) atoms. The zero-order valence-electron chi connectivity index (χ0n) is 20.9. The monoisotopic (exact) mass is 586 g/mol. The van der Waals surface area contributed by atoms with Crippen molar-refractivity contribution < 1.29 is 55.4 Å². The number of amides is 1. The molecule has 1 atom stereocenters. The first-order valence-corrected chi connectivity index (χ1v) is 11.8. The van der Waals surface area contributed by atoms with E-state index in [4.69, 9.17) is 30.0 Å². The van der Waals surface area contributed by atoms with Gasteiger partial charge in [0, 0.05) is 51.5 Å². The van der Waals surface area contributed by atoms with E-state index in [0.29, 0.717) is 17.5 Å². The van der Waals surface area contributed by atoms with Crippen molar-refractivity contribution in [2.45, 2.75) is 50.7 Å². The number of hydrogen-bond acceptors (Lipinski definition) is 8. The van der Waals surface area contributed by atoms with Crippen LogP contribution < -0.4 is 5.73 Å². The Bertz CT molecular complexity index is 1070. The first-order valence-electron chi connectivity index (χ1n) is 11.8. The lowest BCUT2D eigenvalue weighted by molar-refractivity contribution is -0.193. The normalized spacial score (nSPS) is 18.4. The number of aliphatic carboxylic acids is 2. The molecule has 2 aromatic rings. The van der Waals surface area contributed by atoms with Crippen LogP contribution in [0.5, 0.6) is 0 Å². The van der Waals surface area contributed by atoms with Gasteiger partial charge in [0.15, 0.2) is 0 Å². The third kappa shape index (κ3) is 10.8. The lowest BCUT2D eigenvalue weighted by atomic mass is 9.96. The molecule has 2 aromatic heterocycles. The van der Waals surface area contributed by atoms with E-state index in [1.165, 1.54) is 12.5 Å². The molecule has 0 aliphatic carbocycles. The molecule has 12 nitrogen and oxygen atoms in total. The van der Waals surface area contributed by atoms with E-state index in [1.54, 1.807) is 6.07 Å². The largest absolute Gasteiger partial charge is 0.490 e. The van der Waals surface area contributed by atoms with Crippen LogP contribution in [0.4, 0.5) is 26.3 Å². The van der Waals surface area contributed by atoms with Gasteiger partial charge in [0.1, 0.15) is 6.26 Å². The van der Waals surface area contributed by atoms with E-state index < -0.39 is 24.3 Å². The molecule has 18 heteroatoms. The first kappa shape index (κ1) is 32.5. The Kier molecular flexibility index (Phi) is 11.5. The highest BCUT2D eigenvalue weighted by molar-refractivity contribution is 5.93. The van der Waals surface area contributed by atoms with Gasteiger partial charge in [-0.3, -0.25) is 14.4 Å². The van der Waals surface area contributed by atoms with E-state index in [2.05, 4.69) is 15.2 Å². The smallest absolute Gasteiger partial charge is 0.475 e.